The second-order valence-electron chi connectivity index (χ2n) is 6.63. The number of thiazole rings is 1. The lowest BCUT2D eigenvalue weighted by molar-refractivity contribution is 0.0700. The number of nitrogens with zero attached hydrogens (tertiary/aromatic N) is 4. The number of carbonyl (C=O) groups excluding carboxylic acids is 1. The van der Waals surface area contributed by atoms with Crippen LogP contribution < -0.4 is 0 Å². The lowest BCUT2D eigenvalue weighted by Crippen LogP contribution is -2.39. The highest BCUT2D eigenvalue weighted by atomic mass is 32.1. The lowest BCUT2D eigenvalue weighted by atomic mass is 9.93. The molecule has 0 saturated carbocycles. The number of pyridine rings is 1. The third-order valence-electron chi connectivity index (χ3n) is 4.89. The Kier molecular flexibility index (Phi) is 4.55. The van der Waals surface area contributed by atoms with E-state index in [0.717, 1.165) is 47.7 Å². The molecular weight excluding hydrogens is 348 g/mol. The van der Waals surface area contributed by atoms with Crippen molar-refractivity contribution in [3.05, 3.63) is 52.1 Å². The number of aryl methyl sites for hydroxylation is 2. The molecule has 0 N–H and O–H groups in total. The van der Waals surface area contributed by atoms with Gasteiger partial charge >= 0.3 is 0 Å². The maximum atomic E-state index is 12.6. The van der Waals surface area contributed by atoms with E-state index in [2.05, 4.69) is 27.3 Å². The van der Waals surface area contributed by atoms with Gasteiger partial charge in [0.2, 0.25) is 0 Å². The third-order valence-corrected chi connectivity index (χ3v) is 5.47. The summed E-state index contributed by atoms with van der Waals surface area (Å²) in [6.07, 6.45) is 3.90. The number of carbonyl (C=O) groups is 1. The van der Waals surface area contributed by atoms with Crippen LogP contribution in [0.1, 0.15) is 46.4 Å². The highest BCUT2D eigenvalue weighted by Gasteiger charge is 2.27. The summed E-state index contributed by atoms with van der Waals surface area (Å²) < 4.78 is 5.25. The lowest BCUT2D eigenvalue weighted by Gasteiger charge is -2.32. The van der Waals surface area contributed by atoms with Gasteiger partial charge in [0.05, 0.1) is 11.2 Å². The zero-order valence-electron chi connectivity index (χ0n) is 14.8. The van der Waals surface area contributed by atoms with Gasteiger partial charge in [0, 0.05) is 47.4 Å². The van der Waals surface area contributed by atoms with Gasteiger partial charge < -0.3 is 9.42 Å². The van der Waals surface area contributed by atoms with E-state index in [0.29, 0.717) is 12.2 Å². The molecule has 0 aliphatic carbocycles. The van der Waals surface area contributed by atoms with Crippen LogP contribution >= 0.6 is 11.3 Å². The second-order valence-corrected chi connectivity index (χ2v) is 7.35. The zero-order chi connectivity index (χ0) is 18.1. The van der Waals surface area contributed by atoms with E-state index in [1.807, 2.05) is 30.3 Å². The Morgan fingerprint density at radius 3 is 2.85 bits per heavy atom. The van der Waals surface area contributed by atoms with Crippen LogP contribution in [0.3, 0.4) is 0 Å². The van der Waals surface area contributed by atoms with Crippen LogP contribution in [0.5, 0.6) is 0 Å². The van der Waals surface area contributed by atoms with Gasteiger partial charge in [0.1, 0.15) is 11.5 Å². The Morgan fingerprint density at radius 2 is 2.19 bits per heavy atom. The quantitative estimate of drug-likeness (QED) is 0.702. The van der Waals surface area contributed by atoms with Crippen LogP contribution in [0.15, 0.2) is 33.7 Å². The first kappa shape index (κ1) is 16.9. The van der Waals surface area contributed by atoms with Crippen molar-refractivity contribution in [2.45, 2.75) is 32.6 Å². The smallest absolute Gasteiger partial charge is 0.273 e. The first-order valence-corrected chi connectivity index (χ1v) is 9.64. The standard InChI is InChI=1S/C19H20N4O2S/c1-12-18(13(2)25-22-12)14-5-6-16(20-8-14)15-4-3-7-23(9-15)19(24)17-10-26-11-21-17/h5-6,8,10-11,15H,3-4,7,9H2,1-2H3/t15-/m1/s1. The molecule has 0 aromatic carbocycles. The van der Waals surface area contributed by atoms with E-state index in [-0.39, 0.29) is 11.8 Å². The Morgan fingerprint density at radius 1 is 1.31 bits per heavy atom. The van der Waals surface area contributed by atoms with Crippen LogP contribution in [0.4, 0.5) is 0 Å². The molecule has 0 bridgehead atoms. The molecule has 0 radical (unpaired) electrons. The van der Waals surface area contributed by atoms with Crippen molar-refractivity contribution in [3.8, 4) is 11.1 Å². The summed E-state index contributed by atoms with van der Waals surface area (Å²) in [6, 6.07) is 4.12. The van der Waals surface area contributed by atoms with Crippen molar-refractivity contribution in [2.24, 2.45) is 0 Å². The predicted octanol–water partition coefficient (Wildman–Crippen LogP) is 3.83. The van der Waals surface area contributed by atoms with Gasteiger partial charge in [-0.2, -0.15) is 0 Å². The normalized spacial score (nSPS) is 17.5. The van der Waals surface area contributed by atoms with Crippen LogP contribution in [0.2, 0.25) is 0 Å². The molecule has 3 aromatic heterocycles. The van der Waals surface area contributed by atoms with Crippen molar-refractivity contribution in [1.29, 1.82) is 0 Å². The molecule has 26 heavy (non-hydrogen) atoms. The van der Waals surface area contributed by atoms with Gasteiger partial charge in [-0.1, -0.05) is 11.2 Å². The number of aromatic nitrogens is 3. The van der Waals surface area contributed by atoms with Crippen LogP contribution in [0, 0.1) is 13.8 Å². The highest BCUT2D eigenvalue weighted by Crippen LogP contribution is 2.30. The molecule has 3 aromatic rings. The average molecular weight is 368 g/mol. The molecule has 4 heterocycles. The summed E-state index contributed by atoms with van der Waals surface area (Å²) in [5.41, 5.74) is 6.15. The Balaban J connectivity index is 1.51. The molecule has 4 rings (SSSR count). The monoisotopic (exact) mass is 368 g/mol. The topological polar surface area (TPSA) is 72.1 Å². The van der Waals surface area contributed by atoms with Crippen molar-refractivity contribution in [2.75, 3.05) is 13.1 Å². The first-order valence-electron chi connectivity index (χ1n) is 8.70. The number of hydrogen-bond donors (Lipinski definition) is 0. The molecule has 6 nitrogen and oxygen atoms in total. The summed E-state index contributed by atoms with van der Waals surface area (Å²) in [5, 5.41) is 5.81. The SMILES string of the molecule is Cc1noc(C)c1-c1ccc([C@@H]2CCCN(C(=O)c3cscn3)C2)nc1. The molecule has 1 aliphatic heterocycles. The highest BCUT2D eigenvalue weighted by molar-refractivity contribution is 7.07. The third kappa shape index (κ3) is 3.14. The molecule has 1 aliphatic rings. The fraction of sp³-hybridized carbons (Fsp3) is 0.368. The number of piperidine rings is 1. The maximum absolute atomic E-state index is 12.6. The van der Waals surface area contributed by atoms with Crippen LogP contribution in [-0.2, 0) is 0 Å². The molecule has 0 spiro atoms. The predicted molar refractivity (Wildman–Crippen MR) is 99.2 cm³/mol. The molecule has 1 atom stereocenters. The van der Waals surface area contributed by atoms with Crippen LogP contribution in [-0.4, -0.2) is 39.0 Å². The van der Waals surface area contributed by atoms with Crippen molar-refractivity contribution < 1.29 is 9.32 Å². The Hall–Kier alpha value is -2.54. The van der Waals surface area contributed by atoms with Crippen molar-refractivity contribution in [3.63, 3.8) is 0 Å². The number of rotatable bonds is 3. The second kappa shape index (κ2) is 6.99. The minimum atomic E-state index is 0.0169. The van der Waals surface area contributed by atoms with Gasteiger partial charge in [-0.3, -0.25) is 9.78 Å². The van der Waals surface area contributed by atoms with Gasteiger partial charge in [0.15, 0.2) is 0 Å². The van der Waals surface area contributed by atoms with E-state index in [1.54, 1.807) is 5.51 Å². The molecule has 0 unspecified atom stereocenters. The number of likely N-dealkylation sites (tertiary alicyclic amines) is 1. The first-order chi connectivity index (χ1) is 12.6. The summed E-state index contributed by atoms with van der Waals surface area (Å²) in [6.45, 7) is 5.31. The zero-order valence-corrected chi connectivity index (χ0v) is 15.6. The van der Waals surface area contributed by atoms with E-state index < -0.39 is 0 Å². The van der Waals surface area contributed by atoms with E-state index in [1.165, 1.54) is 11.3 Å². The van der Waals surface area contributed by atoms with E-state index in [9.17, 15) is 4.79 Å². The summed E-state index contributed by atoms with van der Waals surface area (Å²) >= 11 is 1.45. The minimum absolute atomic E-state index is 0.0169. The van der Waals surface area contributed by atoms with E-state index >= 15 is 0 Å². The molecule has 7 heteroatoms. The van der Waals surface area contributed by atoms with Crippen molar-refractivity contribution >= 4 is 17.2 Å². The number of hydrogen-bond acceptors (Lipinski definition) is 6. The largest absolute Gasteiger partial charge is 0.361 e. The van der Waals surface area contributed by atoms with Gasteiger partial charge in [0.25, 0.3) is 5.91 Å². The summed E-state index contributed by atoms with van der Waals surface area (Å²) in [7, 11) is 0. The van der Waals surface area contributed by atoms with Gasteiger partial charge in [-0.15, -0.1) is 11.3 Å². The molecular formula is C19H20N4O2S. The fourth-order valence-electron chi connectivity index (χ4n) is 3.57. The summed E-state index contributed by atoms with van der Waals surface area (Å²) in [4.78, 5) is 23.3. The average Bonchev–Trinajstić information content (AvgIpc) is 3.32. The number of amides is 1. The van der Waals surface area contributed by atoms with Gasteiger partial charge in [-0.05, 0) is 32.8 Å². The molecule has 1 fully saturated rings. The molecule has 134 valence electrons. The summed E-state index contributed by atoms with van der Waals surface area (Å²) in [5.74, 6) is 1.07. The maximum Gasteiger partial charge on any atom is 0.273 e. The van der Waals surface area contributed by atoms with Gasteiger partial charge in [-0.25, -0.2) is 4.98 Å². The Labute approximate surface area is 155 Å². The van der Waals surface area contributed by atoms with E-state index in [4.69, 9.17) is 4.52 Å². The Bertz CT molecular complexity index is 883. The molecule has 1 saturated heterocycles. The fourth-order valence-corrected chi connectivity index (χ4v) is 4.10. The van der Waals surface area contributed by atoms with Crippen LogP contribution in [0.25, 0.3) is 11.1 Å². The minimum Gasteiger partial charge on any atom is -0.361 e. The van der Waals surface area contributed by atoms with Crippen molar-refractivity contribution in [1.82, 2.24) is 20.0 Å². The molecule has 1 amide bonds.